The quantitative estimate of drug-likeness (QED) is 0.586. The molecule has 1 amide bonds. The van der Waals surface area contributed by atoms with Gasteiger partial charge in [0.05, 0.1) is 0 Å². The lowest BCUT2D eigenvalue weighted by molar-refractivity contribution is 0.0928. The summed E-state index contributed by atoms with van der Waals surface area (Å²) in [6.07, 6.45) is 2.40. The number of H-pyrrole nitrogens is 1. The van der Waals surface area contributed by atoms with Crippen molar-refractivity contribution in [1.82, 2.24) is 10.3 Å². The number of halogens is 2. The second-order valence-corrected chi connectivity index (χ2v) is 5.80. The number of rotatable bonds is 4. The van der Waals surface area contributed by atoms with Crippen LogP contribution in [0.3, 0.4) is 0 Å². The van der Waals surface area contributed by atoms with E-state index in [1.807, 2.05) is 0 Å². The zero-order valence-electron chi connectivity index (χ0n) is 13.1. The van der Waals surface area contributed by atoms with Gasteiger partial charge >= 0.3 is 0 Å². The Kier molecular flexibility index (Phi) is 3.72. The summed E-state index contributed by atoms with van der Waals surface area (Å²) in [5, 5.41) is 4.25. The average Bonchev–Trinajstić information content (AvgIpc) is 3.18. The number of fused-ring (bicyclic) bond motifs is 2. The molecule has 0 saturated heterocycles. The van der Waals surface area contributed by atoms with Gasteiger partial charge in [-0.2, -0.15) is 0 Å². The van der Waals surface area contributed by atoms with Gasteiger partial charge in [-0.3, -0.25) is 4.79 Å². The van der Waals surface area contributed by atoms with Crippen LogP contribution < -0.4 is 5.32 Å². The molecule has 0 aliphatic rings. The Hall–Kier alpha value is -3.15. The van der Waals surface area contributed by atoms with E-state index in [2.05, 4.69) is 10.3 Å². The highest BCUT2D eigenvalue weighted by atomic mass is 19.1. The third kappa shape index (κ3) is 2.98. The fourth-order valence-corrected chi connectivity index (χ4v) is 2.89. The van der Waals surface area contributed by atoms with Gasteiger partial charge in [0, 0.05) is 29.0 Å². The Labute approximate surface area is 141 Å². The van der Waals surface area contributed by atoms with Crippen molar-refractivity contribution in [2.45, 2.75) is 6.42 Å². The molecule has 0 unspecified atom stereocenters. The number of nitrogens with one attached hydrogen (secondary N) is 2. The van der Waals surface area contributed by atoms with Crippen LogP contribution in [-0.2, 0) is 6.42 Å². The maximum absolute atomic E-state index is 13.2. The Morgan fingerprint density at radius 1 is 1.08 bits per heavy atom. The molecule has 0 saturated carbocycles. The second-order valence-electron chi connectivity index (χ2n) is 5.80. The number of carbonyl (C=O) groups excluding carboxylic acids is 1. The van der Waals surface area contributed by atoms with Gasteiger partial charge in [0.15, 0.2) is 5.76 Å². The number of furan rings is 1. The fourth-order valence-electron chi connectivity index (χ4n) is 2.89. The number of hydrogen-bond donors (Lipinski definition) is 2. The van der Waals surface area contributed by atoms with E-state index in [1.54, 1.807) is 12.3 Å². The van der Waals surface area contributed by atoms with E-state index >= 15 is 0 Å². The number of hydrogen-bond acceptors (Lipinski definition) is 2. The molecule has 2 aromatic carbocycles. The Bertz CT molecular complexity index is 1080. The van der Waals surface area contributed by atoms with Crippen molar-refractivity contribution in [2.75, 3.05) is 6.54 Å². The number of amides is 1. The van der Waals surface area contributed by atoms with Crippen molar-refractivity contribution in [3.63, 3.8) is 0 Å². The lowest BCUT2D eigenvalue weighted by Crippen LogP contribution is -2.25. The number of carbonyl (C=O) groups is 1. The Morgan fingerprint density at radius 3 is 2.76 bits per heavy atom. The highest BCUT2D eigenvalue weighted by Gasteiger charge is 2.13. The number of aromatic nitrogens is 1. The van der Waals surface area contributed by atoms with Crippen LogP contribution in [0, 0.1) is 11.6 Å². The van der Waals surface area contributed by atoms with Gasteiger partial charge < -0.3 is 14.7 Å². The molecule has 126 valence electrons. The van der Waals surface area contributed by atoms with E-state index in [4.69, 9.17) is 4.42 Å². The van der Waals surface area contributed by atoms with Crippen LogP contribution >= 0.6 is 0 Å². The van der Waals surface area contributed by atoms with Crippen LogP contribution in [0.2, 0.25) is 0 Å². The first kappa shape index (κ1) is 15.4. The first-order valence-electron chi connectivity index (χ1n) is 7.83. The molecule has 0 bridgehead atoms. The molecular formula is C19H14F2N2O2. The second kappa shape index (κ2) is 6.05. The third-order valence-corrected chi connectivity index (χ3v) is 4.11. The molecule has 25 heavy (non-hydrogen) atoms. The van der Waals surface area contributed by atoms with Crippen LogP contribution in [-0.4, -0.2) is 17.4 Å². The molecule has 0 atom stereocenters. The van der Waals surface area contributed by atoms with E-state index in [1.165, 1.54) is 36.4 Å². The van der Waals surface area contributed by atoms with Crippen LogP contribution in [0.15, 0.2) is 53.1 Å². The van der Waals surface area contributed by atoms with E-state index in [0.29, 0.717) is 23.9 Å². The summed E-state index contributed by atoms with van der Waals surface area (Å²) in [5.74, 6) is -0.893. The zero-order chi connectivity index (χ0) is 17.4. The van der Waals surface area contributed by atoms with Gasteiger partial charge in [0.2, 0.25) is 0 Å². The predicted octanol–water partition coefficient (Wildman–Crippen LogP) is 4.16. The third-order valence-electron chi connectivity index (χ3n) is 4.11. The molecule has 6 heteroatoms. The maximum Gasteiger partial charge on any atom is 0.287 e. The first-order chi connectivity index (χ1) is 12.1. The van der Waals surface area contributed by atoms with Crippen LogP contribution in [0.4, 0.5) is 8.78 Å². The topological polar surface area (TPSA) is 58.0 Å². The monoisotopic (exact) mass is 340 g/mol. The SMILES string of the molecule is O=C(NCCc1c[nH]c2cc(F)ccc12)c1cc2cc(F)ccc2o1. The summed E-state index contributed by atoms with van der Waals surface area (Å²) >= 11 is 0. The molecule has 0 aliphatic carbocycles. The number of aromatic amines is 1. The lowest BCUT2D eigenvalue weighted by atomic mass is 10.1. The molecule has 0 aliphatic heterocycles. The standard InChI is InChI=1S/C19H14F2N2O2/c20-13-2-4-17-12(7-13)8-18(25-17)19(24)22-6-5-11-10-23-16-9-14(21)1-3-15(11)16/h1-4,7-10,23H,5-6H2,(H,22,24). The minimum absolute atomic E-state index is 0.140. The summed E-state index contributed by atoms with van der Waals surface area (Å²) in [5.41, 5.74) is 2.17. The molecule has 0 fully saturated rings. The van der Waals surface area contributed by atoms with Gasteiger partial charge in [-0.05, 0) is 54.4 Å². The van der Waals surface area contributed by atoms with Crippen LogP contribution in [0.1, 0.15) is 16.1 Å². The molecule has 2 heterocycles. The molecule has 4 rings (SSSR count). The fraction of sp³-hybridized carbons (Fsp3) is 0.105. The summed E-state index contributed by atoms with van der Waals surface area (Å²) < 4.78 is 31.8. The highest BCUT2D eigenvalue weighted by molar-refractivity contribution is 5.96. The van der Waals surface area contributed by atoms with Gasteiger partial charge in [0.1, 0.15) is 17.2 Å². The van der Waals surface area contributed by atoms with E-state index in [9.17, 15) is 13.6 Å². The summed E-state index contributed by atoms with van der Waals surface area (Å²) in [4.78, 5) is 15.2. The zero-order valence-corrected chi connectivity index (χ0v) is 13.1. The summed E-state index contributed by atoms with van der Waals surface area (Å²) in [7, 11) is 0. The van der Waals surface area contributed by atoms with Crippen LogP contribution in [0.25, 0.3) is 21.9 Å². The highest BCUT2D eigenvalue weighted by Crippen LogP contribution is 2.21. The van der Waals surface area contributed by atoms with Gasteiger partial charge in [-0.1, -0.05) is 0 Å². The Morgan fingerprint density at radius 2 is 1.88 bits per heavy atom. The molecule has 0 radical (unpaired) electrons. The summed E-state index contributed by atoms with van der Waals surface area (Å²) in [6, 6.07) is 10.2. The normalized spacial score (nSPS) is 11.3. The molecule has 4 nitrogen and oxygen atoms in total. The van der Waals surface area contributed by atoms with Gasteiger partial charge in [-0.25, -0.2) is 8.78 Å². The van der Waals surface area contributed by atoms with Gasteiger partial charge in [0.25, 0.3) is 5.91 Å². The van der Waals surface area contributed by atoms with E-state index < -0.39 is 0 Å². The van der Waals surface area contributed by atoms with Crippen molar-refractivity contribution >= 4 is 27.8 Å². The van der Waals surface area contributed by atoms with Gasteiger partial charge in [-0.15, -0.1) is 0 Å². The molecule has 0 spiro atoms. The van der Waals surface area contributed by atoms with E-state index in [0.717, 1.165) is 16.5 Å². The Balaban J connectivity index is 1.44. The molecular weight excluding hydrogens is 326 g/mol. The maximum atomic E-state index is 13.2. The van der Waals surface area contributed by atoms with Crippen molar-refractivity contribution in [3.8, 4) is 0 Å². The van der Waals surface area contributed by atoms with Crippen LogP contribution in [0.5, 0.6) is 0 Å². The smallest absolute Gasteiger partial charge is 0.287 e. The largest absolute Gasteiger partial charge is 0.451 e. The van der Waals surface area contributed by atoms with Crippen molar-refractivity contribution in [1.29, 1.82) is 0 Å². The molecule has 4 aromatic rings. The first-order valence-corrected chi connectivity index (χ1v) is 7.83. The van der Waals surface area contributed by atoms with Crippen molar-refractivity contribution in [2.24, 2.45) is 0 Å². The predicted molar refractivity (Wildman–Crippen MR) is 90.5 cm³/mol. The van der Waals surface area contributed by atoms with Crippen molar-refractivity contribution < 1.29 is 18.0 Å². The average molecular weight is 340 g/mol. The molecule has 2 aromatic heterocycles. The minimum atomic E-state index is -0.379. The molecule has 2 N–H and O–H groups in total. The number of benzene rings is 2. The minimum Gasteiger partial charge on any atom is -0.451 e. The van der Waals surface area contributed by atoms with E-state index in [-0.39, 0.29) is 23.3 Å². The lowest BCUT2D eigenvalue weighted by Gasteiger charge is -2.02. The summed E-state index contributed by atoms with van der Waals surface area (Å²) in [6.45, 7) is 0.397. The van der Waals surface area contributed by atoms with Crippen molar-refractivity contribution in [3.05, 3.63) is 71.6 Å².